The average Bonchev–Trinajstić information content (AvgIpc) is 2.84. The third-order valence-electron chi connectivity index (χ3n) is 2.88. The molecule has 0 unspecified atom stereocenters. The van der Waals surface area contributed by atoms with E-state index in [0.717, 1.165) is 15.3 Å². The van der Waals surface area contributed by atoms with Gasteiger partial charge in [0.15, 0.2) is 0 Å². The zero-order valence-corrected chi connectivity index (χ0v) is 11.5. The normalized spacial score (nSPS) is 10.8. The summed E-state index contributed by atoms with van der Waals surface area (Å²) < 4.78 is 1.72. The van der Waals surface area contributed by atoms with Crippen molar-refractivity contribution in [2.24, 2.45) is 7.05 Å². The number of carbonyl (C=O) groups is 1. The maximum Gasteiger partial charge on any atom is 0.337 e. The van der Waals surface area contributed by atoms with Crippen LogP contribution in [0.25, 0.3) is 10.8 Å². The Morgan fingerprint density at radius 3 is 2.65 bits per heavy atom. The summed E-state index contributed by atoms with van der Waals surface area (Å²) in [6.07, 6.45) is 5.06. The number of carboxylic acids is 1. The van der Waals surface area contributed by atoms with Crippen molar-refractivity contribution in [2.45, 2.75) is 9.92 Å². The second-order valence-electron chi connectivity index (χ2n) is 4.28. The molecule has 0 bridgehead atoms. The Kier molecular flexibility index (Phi) is 3.15. The molecular formula is C14H11N3O2S. The Hall–Kier alpha value is -2.34. The lowest BCUT2D eigenvalue weighted by molar-refractivity contribution is 0.0698. The molecule has 0 atom stereocenters. The van der Waals surface area contributed by atoms with Gasteiger partial charge in [-0.05, 0) is 0 Å². The maximum atomic E-state index is 11.2. The molecule has 1 N–H and O–H groups in total. The summed E-state index contributed by atoms with van der Waals surface area (Å²) in [5, 5.41) is 15.6. The lowest BCUT2D eigenvalue weighted by Crippen LogP contribution is -1.99. The number of aromatic nitrogens is 3. The Morgan fingerprint density at radius 1 is 1.25 bits per heavy atom. The standard InChI is InChI=1S/C14H11N3O2S/c1-17-8-9(6-16-17)20-13-11-5-3-2-4-10(11)12(7-15-13)14(18)19/h2-8H,1H3,(H,18,19). The van der Waals surface area contributed by atoms with Crippen molar-refractivity contribution < 1.29 is 9.90 Å². The first kappa shape index (κ1) is 12.7. The lowest BCUT2D eigenvalue weighted by Gasteiger charge is -2.06. The van der Waals surface area contributed by atoms with Gasteiger partial charge < -0.3 is 5.11 Å². The van der Waals surface area contributed by atoms with Crippen molar-refractivity contribution in [1.82, 2.24) is 14.8 Å². The van der Waals surface area contributed by atoms with E-state index in [1.807, 2.05) is 31.4 Å². The minimum absolute atomic E-state index is 0.219. The molecule has 3 aromatic rings. The van der Waals surface area contributed by atoms with Crippen molar-refractivity contribution in [3.8, 4) is 0 Å². The van der Waals surface area contributed by atoms with Gasteiger partial charge in [-0.3, -0.25) is 4.68 Å². The third kappa shape index (κ3) is 2.25. The van der Waals surface area contributed by atoms with Gasteiger partial charge in [-0.2, -0.15) is 5.10 Å². The first-order chi connectivity index (χ1) is 9.65. The van der Waals surface area contributed by atoms with Crippen molar-refractivity contribution in [2.75, 3.05) is 0 Å². The van der Waals surface area contributed by atoms with Gasteiger partial charge in [0.1, 0.15) is 5.03 Å². The zero-order chi connectivity index (χ0) is 14.1. The topological polar surface area (TPSA) is 68.0 Å². The predicted octanol–water partition coefficient (Wildman–Crippen LogP) is 2.82. The smallest absolute Gasteiger partial charge is 0.337 e. The quantitative estimate of drug-likeness (QED) is 0.801. The molecule has 0 aliphatic rings. The van der Waals surface area contributed by atoms with Crippen molar-refractivity contribution >= 4 is 28.5 Å². The molecule has 2 heterocycles. The van der Waals surface area contributed by atoms with E-state index in [4.69, 9.17) is 0 Å². The van der Waals surface area contributed by atoms with E-state index in [2.05, 4.69) is 10.1 Å². The largest absolute Gasteiger partial charge is 0.478 e. The highest BCUT2D eigenvalue weighted by Gasteiger charge is 2.13. The molecule has 1 aromatic carbocycles. The fourth-order valence-electron chi connectivity index (χ4n) is 1.98. The molecule has 0 amide bonds. The minimum atomic E-state index is -0.966. The van der Waals surface area contributed by atoms with Gasteiger partial charge >= 0.3 is 5.97 Å². The number of rotatable bonds is 3. The molecule has 0 radical (unpaired) electrons. The van der Waals surface area contributed by atoms with Crippen LogP contribution in [0.1, 0.15) is 10.4 Å². The zero-order valence-electron chi connectivity index (χ0n) is 10.6. The number of aryl methyl sites for hydroxylation is 1. The summed E-state index contributed by atoms with van der Waals surface area (Å²) in [7, 11) is 1.85. The van der Waals surface area contributed by atoms with Crippen LogP contribution in [0, 0.1) is 0 Å². The Labute approximate surface area is 119 Å². The highest BCUT2D eigenvalue weighted by Crippen LogP contribution is 2.32. The van der Waals surface area contributed by atoms with Gasteiger partial charge in [-0.1, -0.05) is 36.0 Å². The first-order valence-corrected chi connectivity index (χ1v) is 6.74. The third-order valence-corrected chi connectivity index (χ3v) is 3.85. The van der Waals surface area contributed by atoms with Gasteiger partial charge in [0.25, 0.3) is 0 Å². The summed E-state index contributed by atoms with van der Waals surface area (Å²) in [4.78, 5) is 16.5. The Morgan fingerprint density at radius 2 is 2.00 bits per heavy atom. The van der Waals surface area contributed by atoms with Gasteiger partial charge in [-0.25, -0.2) is 9.78 Å². The highest BCUT2D eigenvalue weighted by atomic mass is 32.2. The molecule has 0 spiro atoms. The lowest BCUT2D eigenvalue weighted by atomic mass is 10.1. The van der Waals surface area contributed by atoms with E-state index in [-0.39, 0.29) is 5.56 Å². The van der Waals surface area contributed by atoms with Crippen LogP contribution in [0.5, 0.6) is 0 Å². The Bertz CT molecular complexity index is 798. The van der Waals surface area contributed by atoms with Crippen molar-refractivity contribution in [3.05, 3.63) is 48.4 Å². The molecular weight excluding hydrogens is 274 g/mol. The molecule has 0 fully saturated rings. The van der Waals surface area contributed by atoms with Crippen LogP contribution >= 0.6 is 11.8 Å². The van der Waals surface area contributed by atoms with Crippen LogP contribution < -0.4 is 0 Å². The fraction of sp³-hybridized carbons (Fsp3) is 0.0714. The minimum Gasteiger partial charge on any atom is -0.478 e. The van der Waals surface area contributed by atoms with E-state index in [1.165, 1.54) is 18.0 Å². The number of nitrogens with zero attached hydrogens (tertiary/aromatic N) is 3. The SMILES string of the molecule is Cn1cc(Sc2ncc(C(=O)O)c3ccccc23)cn1. The molecule has 6 heteroatoms. The van der Waals surface area contributed by atoms with Gasteiger partial charge in [0.05, 0.1) is 16.7 Å². The molecule has 5 nitrogen and oxygen atoms in total. The maximum absolute atomic E-state index is 11.2. The summed E-state index contributed by atoms with van der Waals surface area (Å²) in [5.74, 6) is -0.966. The number of hydrogen-bond acceptors (Lipinski definition) is 4. The molecule has 0 saturated heterocycles. The summed E-state index contributed by atoms with van der Waals surface area (Å²) in [5.41, 5.74) is 0.219. The van der Waals surface area contributed by atoms with Crippen molar-refractivity contribution in [3.63, 3.8) is 0 Å². The fourth-order valence-corrected chi connectivity index (χ4v) is 2.90. The van der Waals surface area contributed by atoms with E-state index >= 15 is 0 Å². The first-order valence-electron chi connectivity index (χ1n) is 5.92. The summed E-state index contributed by atoms with van der Waals surface area (Å²) in [6, 6.07) is 7.39. The second kappa shape index (κ2) is 4.97. The van der Waals surface area contributed by atoms with Crippen LogP contribution in [-0.2, 0) is 7.05 Å². The van der Waals surface area contributed by atoms with Gasteiger partial charge in [-0.15, -0.1) is 0 Å². The molecule has 20 heavy (non-hydrogen) atoms. The second-order valence-corrected chi connectivity index (χ2v) is 5.34. The molecule has 2 aromatic heterocycles. The van der Waals surface area contributed by atoms with E-state index < -0.39 is 5.97 Å². The average molecular weight is 285 g/mol. The van der Waals surface area contributed by atoms with Crippen molar-refractivity contribution in [1.29, 1.82) is 0 Å². The highest BCUT2D eigenvalue weighted by molar-refractivity contribution is 7.99. The van der Waals surface area contributed by atoms with E-state index in [0.29, 0.717) is 5.39 Å². The number of aromatic carboxylic acids is 1. The summed E-state index contributed by atoms with van der Waals surface area (Å²) >= 11 is 1.47. The van der Waals surface area contributed by atoms with Gasteiger partial charge in [0.2, 0.25) is 0 Å². The number of fused-ring (bicyclic) bond motifs is 1. The van der Waals surface area contributed by atoms with Crippen LogP contribution in [0.4, 0.5) is 0 Å². The molecule has 0 saturated carbocycles. The van der Waals surface area contributed by atoms with Gasteiger partial charge in [0, 0.05) is 30.2 Å². The van der Waals surface area contributed by atoms with E-state index in [1.54, 1.807) is 16.9 Å². The molecule has 100 valence electrons. The van der Waals surface area contributed by atoms with Crippen LogP contribution in [0.15, 0.2) is 52.8 Å². The molecule has 0 aliphatic heterocycles. The predicted molar refractivity (Wildman–Crippen MR) is 76.0 cm³/mol. The van der Waals surface area contributed by atoms with Crippen LogP contribution in [0.3, 0.4) is 0 Å². The van der Waals surface area contributed by atoms with Crippen LogP contribution in [-0.4, -0.2) is 25.8 Å². The van der Waals surface area contributed by atoms with Crippen LogP contribution in [0.2, 0.25) is 0 Å². The Balaban J connectivity index is 2.12. The monoisotopic (exact) mass is 285 g/mol. The molecule has 0 aliphatic carbocycles. The molecule has 3 rings (SSSR count). The number of pyridine rings is 1. The number of carboxylic acid groups (broad SMARTS) is 1. The van der Waals surface area contributed by atoms with E-state index in [9.17, 15) is 9.90 Å². The number of benzene rings is 1. The number of hydrogen-bond donors (Lipinski definition) is 1. The summed E-state index contributed by atoms with van der Waals surface area (Å²) in [6.45, 7) is 0.